The lowest BCUT2D eigenvalue weighted by molar-refractivity contribution is 0.441. The maximum Gasteiger partial charge on any atom is 0.245 e. The summed E-state index contributed by atoms with van der Waals surface area (Å²) in [7, 11) is -2.83. The second-order valence-electron chi connectivity index (χ2n) is 3.50. The Labute approximate surface area is 115 Å². The normalized spacial score (nSPS) is 13.4. The van der Waals surface area contributed by atoms with Crippen molar-refractivity contribution in [2.75, 3.05) is 7.05 Å². The number of hydrogen-bond donors (Lipinski definition) is 0. The highest BCUT2D eigenvalue weighted by atomic mass is 35.5. The summed E-state index contributed by atoms with van der Waals surface area (Å²) in [5.74, 6) is -1.00. The van der Waals surface area contributed by atoms with Gasteiger partial charge in [0.05, 0.1) is 16.1 Å². The predicted molar refractivity (Wildman–Crippen MR) is 66.4 cm³/mol. The minimum absolute atomic E-state index is 0.269. The van der Waals surface area contributed by atoms with Gasteiger partial charge in [-0.25, -0.2) is 12.8 Å². The van der Waals surface area contributed by atoms with Gasteiger partial charge in [0.15, 0.2) is 5.82 Å². The summed E-state index contributed by atoms with van der Waals surface area (Å²) < 4.78 is 38.5. The van der Waals surface area contributed by atoms with Crippen LogP contribution in [-0.4, -0.2) is 25.8 Å². The van der Waals surface area contributed by atoms with Crippen molar-refractivity contribution >= 4 is 33.2 Å². The van der Waals surface area contributed by atoms with E-state index in [1.165, 1.54) is 14.0 Å². The molecule has 0 radical (unpaired) electrons. The minimum Gasteiger partial charge on any atom is -0.207 e. The van der Waals surface area contributed by atoms with Gasteiger partial charge < -0.3 is 0 Å². The van der Waals surface area contributed by atoms with Crippen LogP contribution in [0.3, 0.4) is 0 Å². The van der Waals surface area contributed by atoms with Crippen LogP contribution in [-0.2, 0) is 10.0 Å². The average Bonchev–Trinajstić information content (AvgIpc) is 2.33. The molecule has 0 saturated carbocycles. The Morgan fingerprint density at radius 2 is 2.00 bits per heavy atom. The van der Waals surface area contributed by atoms with Crippen LogP contribution >= 0.6 is 23.2 Å². The molecule has 1 atom stereocenters. The Morgan fingerprint density at radius 1 is 1.44 bits per heavy atom. The molecule has 0 spiro atoms. The van der Waals surface area contributed by atoms with Crippen LogP contribution in [0.4, 0.5) is 4.39 Å². The number of halogens is 3. The molecule has 8 heteroatoms. The first-order chi connectivity index (χ1) is 8.23. The molecule has 0 heterocycles. The highest BCUT2D eigenvalue weighted by Crippen LogP contribution is 2.31. The molecule has 1 rings (SSSR count). The van der Waals surface area contributed by atoms with E-state index < -0.39 is 31.8 Å². The molecule has 18 heavy (non-hydrogen) atoms. The zero-order chi connectivity index (χ0) is 14.1. The average molecular weight is 311 g/mol. The van der Waals surface area contributed by atoms with E-state index in [1.54, 1.807) is 6.07 Å². The monoisotopic (exact) mass is 310 g/mol. The first-order valence-corrected chi connectivity index (χ1v) is 6.94. The molecule has 0 aromatic heterocycles. The molecule has 0 N–H and O–H groups in total. The van der Waals surface area contributed by atoms with Gasteiger partial charge in [-0.05, 0) is 19.1 Å². The van der Waals surface area contributed by atoms with Crippen LogP contribution in [0, 0.1) is 17.1 Å². The highest BCUT2D eigenvalue weighted by Gasteiger charge is 2.29. The Bertz CT molecular complexity index is 613. The summed E-state index contributed by atoms with van der Waals surface area (Å²) in [5.41, 5.74) is 0. The van der Waals surface area contributed by atoms with Gasteiger partial charge in [-0.2, -0.15) is 9.57 Å². The van der Waals surface area contributed by atoms with Gasteiger partial charge in [-0.1, -0.05) is 23.2 Å². The summed E-state index contributed by atoms with van der Waals surface area (Å²) in [6.07, 6.45) is 0. The molecule has 0 aliphatic carbocycles. The van der Waals surface area contributed by atoms with E-state index >= 15 is 0 Å². The van der Waals surface area contributed by atoms with Gasteiger partial charge in [0.2, 0.25) is 10.0 Å². The van der Waals surface area contributed by atoms with Crippen LogP contribution in [0.2, 0.25) is 10.0 Å². The standard InChI is InChI=1S/C10H9Cl2FN2O2S/c1-6(5-14)15(2)18(16,17)8-4-3-7(11)10(13)9(8)12/h3-4,6H,1-2H3. The fraction of sp³-hybridized carbons (Fsp3) is 0.300. The summed E-state index contributed by atoms with van der Waals surface area (Å²) >= 11 is 11.1. The van der Waals surface area contributed by atoms with Crippen molar-refractivity contribution in [3.05, 3.63) is 28.0 Å². The maximum atomic E-state index is 13.5. The largest absolute Gasteiger partial charge is 0.245 e. The molecule has 0 bridgehead atoms. The quantitative estimate of drug-likeness (QED) is 0.806. The third-order valence-corrected chi connectivity index (χ3v) is 5.13. The molecule has 4 nitrogen and oxygen atoms in total. The van der Waals surface area contributed by atoms with Crippen LogP contribution < -0.4 is 0 Å². The number of sulfonamides is 1. The predicted octanol–water partition coefficient (Wildman–Crippen LogP) is 2.67. The Hall–Kier alpha value is -0.870. The smallest absolute Gasteiger partial charge is 0.207 e. The summed E-state index contributed by atoms with van der Waals surface area (Å²) in [6.45, 7) is 1.40. The third kappa shape index (κ3) is 2.59. The van der Waals surface area contributed by atoms with E-state index in [0.29, 0.717) is 0 Å². The third-order valence-electron chi connectivity index (χ3n) is 2.39. The van der Waals surface area contributed by atoms with Crippen molar-refractivity contribution < 1.29 is 12.8 Å². The lowest BCUT2D eigenvalue weighted by Crippen LogP contribution is -2.34. The first kappa shape index (κ1) is 15.2. The van der Waals surface area contributed by atoms with Gasteiger partial charge in [-0.15, -0.1) is 0 Å². The molecule has 0 fully saturated rings. The van der Waals surface area contributed by atoms with Crippen molar-refractivity contribution in [1.29, 1.82) is 5.26 Å². The van der Waals surface area contributed by atoms with Crippen LogP contribution in [0.1, 0.15) is 6.92 Å². The van der Waals surface area contributed by atoms with Gasteiger partial charge >= 0.3 is 0 Å². The molecular formula is C10H9Cl2FN2O2S. The maximum absolute atomic E-state index is 13.5. The van der Waals surface area contributed by atoms with E-state index in [1.807, 2.05) is 0 Å². The molecule has 1 aromatic rings. The summed E-state index contributed by atoms with van der Waals surface area (Å²) in [6, 6.07) is 3.07. The van der Waals surface area contributed by atoms with Crippen molar-refractivity contribution in [3.63, 3.8) is 0 Å². The Morgan fingerprint density at radius 3 is 2.50 bits per heavy atom. The van der Waals surface area contributed by atoms with Gasteiger partial charge in [0.1, 0.15) is 10.9 Å². The molecule has 0 saturated heterocycles. The zero-order valence-electron chi connectivity index (χ0n) is 9.49. The Kier molecular flexibility index (Phi) is 4.56. The number of hydrogen-bond acceptors (Lipinski definition) is 3. The SMILES string of the molecule is CC(C#N)N(C)S(=O)(=O)c1ccc(Cl)c(F)c1Cl. The fourth-order valence-electron chi connectivity index (χ4n) is 1.15. The number of rotatable bonds is 3. The number of nitriles is 1. The van der Waals surface area contributed by atoms with Crippen LogP contribution in [0.5, 0.6) is 0 Å². The van der Waals surface area contributed by atoms with Crippen LogP contribution in [0.25, 0.3) is 0 Å². The summed E-state index contributed by atoms with van der Waals surface area (Å²) in [4.78, 5) is -0.421. The second-order valence-corrected chi connectivity index (χ2v) is 6.25. The fourth-order valence-corrected chi connectivity index (χ4v) is 3.14. The van der Waals surface area contributed by atoms with Crippen molar-refractivity contribution in [2.24, 2.45) is 0 Å². The molecule has 0 amide bonds. The molecular weight excluding hydrogens is 302 g/mol. The molecule has 98 valence electrons. The Balaban J connectivity index is 3.40. The number of benzene rings is 1. The molecule has 1 unspecified atom stereocenters. The van der Waals surface area contributed by atoms with Crippen molar-refractivity contribution in [2.45, 2.75) is 17.9 Å². The minimum atomic E-state index is -4.04. The van der Waals surface area contributed by atoms with Gasteiger partial charge in [0.25, 0.3) is 0 Å². The van der Waals surface area contributed by atoms with Crippen LogP contribution in [0.15, 0.2) is 17.0 Å². The summed E-state index contributed by atoms with van der Waals surface area (Å²) in [5, 5.41) is 7.85. The lowest BCUT2D eigenvalue weighted by Gasteiger charge is -2.19. The van der Waals surface area contributed by atoms with E-state index in [-0.39, 0.29) is 5.02 Å². The zero-order valence-corrected chi connectivity index (χ0v) is 11.8. The van der Waals surface area contributed by atoms with E-state index in [0.717, 1.165) is 16.4 Å². The van der Waals surface area contributed by atoms with Crippen molar-refractivity contribution in [1.82, 2.24) is 4.31 Å². The molecule has 1 aromatic carbocycles. The lowest BCUT2D eigenvalue weighted by atomic mass is 10.3. The van der Waals surface area contributed by atoms with Crippen molar-refractivity contribution in [3.8, 4) is 6.07 Å². The second kappa shape index (κ2) is 5.41. The number of nitrogens with zero attached hydrogens (tertiary/aromatic N) is 2. The topological polar surface area (TPSA) is 61.2 Å². The molecule has 0 aliphatic rings. The van der Waals surface area contributed by atoms with E-state index in [4.69, 9.17) is 28.5 Å². The van der Waals surface area contributed by atoms with E-state index in [9.17, 15) is 12.8 Å². The van der Waals surface area contributed by atoms with Gasteiger partial charge in [-0.3, -0.25) is 0 Å². The van der Waals surface area contributed by atoms with E-state index in [2.05, 4.69) is 0 Å². The van der Waals surface area contributed by atoms with Gasteiger partial charge in [0, 0.05) is 7.05 Å². The first-order valence-electron chi connectivity index (χ1n) is 4.74. The molecule has 0 aliphatic heterocycles. The highest BCUT2D eigenvalue weighted by molar-refractivity contribution is 7.89.